The molecule has 0 aliphatic carbocycles. The van der Waals surface area contributed by atoms with Gasteiger partial charge in [0.15, 0.2) is 17.2 Å². The summed E-state index contributed by atoms with van der Waals surface area (Å²) < 4.78 is 30.3. The number of aromatic nitrogens is 2. The Kier molecular flexibility index (Phi) is 5.48. The Labute approximate surface area is 187 Å². The fourth-order valence-electron chi connectivity index (χ4n) is 3.33. The Bertz CT molecular complexity index is 1320. The maximum atomic E-state index is 13.4. The van der Waals surface area contributed by atoms with Crippen LogP contribution in [0.15, 0.2) is 70.3 Å². The maximum Gasteiger partial charge on any atom is 0.277 e. The molecule has 0 radical (unpaired) electrons. The normalized spacial score (nSPS) is 12.4. The summed E-state index contributed by atoms with van der Waals surface area (Å²) >= 11 is 1.43. The highest BCUT2D eigenvalue weighted by Gasteiger charge is 2.16. The average Bonchev–Trinajstić information content (AvgIpc) is 3.32. The lowest BCUT2D eigenvalue weighted by Crippen LogP contribution is -2.15. The third-order valence-corrected chi connectivity index (χ3v) is 5.79. The van der Waals surface area contributed by atoms with Crippen molar-refractivity contribution in [2.45, 2.75) is 11.0 Å². The lowest BCUT2D eigenvalue weighted by Gasteiger charge is -2.18. The summed E-state index contributed by atoms with van der Waals surface area (Å²) in [6.45, 7) is 8.32. The van der Waals surface area contributed by atoms with Crippen LogP contribution in [0.3, 0.4) is 0 Å². The molecule has 2 heterocycles. The van der Waals surface area contributed by atoms with E-state index in [4.69, 9.17) is 20.5 Å². The molecule has 1 aliphatic rings. The molecule has 5 rings (SSSR count). The molecule has 6 nitrogen and oxygen atoms in total. The second-order valence-electron chi connectivity index (χ2n) is 6.99. The first-order valence-electron chi connectivity index (χ1n) is 9.82. The average molecular weight is 445 g/mol. The minimum Gasteiger partial charge on any atom is -0.486 e. The van der Waals surface area contributed by atoms with Gasteiger partial charge in [0, 0.05) is 11.3 Å². The molecule has 1 aromatic heterocycles. The van der Waals surface area contributed by atoms with Crippen LogP contribution in [0.5, 0.6) is 11.5 Å². The molecule has 158 valence electrons. The van der Waals surface area contributed by atoms with Gasteiger partial charge in [0.25, 0.3) is 5.22 Å². The fourth-order valence-corrected chi connectivity index (χ4v) is 4.05. The summed E-state index contributed by atoms with van der Waals surface area (Å²) in [4.78, 5) is 3.42. The van der Waals surface area contributed by atoms with Gasteiger partial charge < -0.3 is 13.9 Å². The summed E-state index contributed by atoms with van der Waals surface area (Å²) in [5, 5.41) is 8.72. The minimum absolute atomic E-state index is 0.296. The van der Waals surface area contributed by atoms with E-state index in [0.29, 0.717) is 52.8 Å². The molecule has 0 amide bonds. The Morgan fingerprint density at radius 3 is 2.50 bits per heavy atom. The highest BCUT2D eigenvalue weighted by atomic mass is 32.2. The summed E-state index contributed by atoms with van der Waals surface area (Å²) in [7, 11) is 0. The molecular formula is C24H16FN3O3S. The third-order valence-electron chi connectivity index (χ3n) is 4.90. The van der Waals surface area contributed by atoms with Gasteiger partial charge in [0.2, 0.25) is 5.89 Å². The van der Waals surface area contributed by atoms with E-state index in [2.05, 4.69) is 15.0 Å². The molecule has 1 aliphatic heterocycles. The topological polar surface area (TPSA) is 61.7 Å². The molecule has 0 atom stereocenters. The molecule has 0 spiro atoms. The van der Waals surface area contributed by atoms with Crippen LogP contribution >= 0.6 is 11.8 Å². The SMILES string of the molecule is [C-]#[N+]c1cc(F)ccc1-c1ccc(CSc2nnc(-c3ccc4c(c3)OCCO4)o2)cc1. The zero-order valence-electron chi connectivity index (χ0n) is 16.7. The van der Waals surface area contributed by atoms with Crippen molar-refractivity contribution in [3.8, 4) is 34.1 Å². The molecule has 0 N–H and O–H groups in total. The van der Waals surface area contributed by atoms with Gasteiger partial charge in [-0.15, -0.1) is 10.2 Å². The highest BCUT2D eigenvalue weighted by molar-refractivity contribution is 7.98. The van der Waals surface area contributed by atoms with Gasteiger partial charge in [0.1, 0.15) is 19.0 Å². The van der Waals surface area contributed by atoms with Crippen molar-refractivity contribution in [3.63, 3.8) is 0 Å². The lowest BCUT2D eigenvalue weighted by molar-refractivity contribution is 0.171. The summed E-state index contributed by atoms with van der Waals surface area (Å²) in [6, 6.07) is 17.6. The van der Waals surface area contributed by atoms with E-state index in [1.165, 1.54) is 23.9 Å². The van der Waals surface area contributed by atoms with Crippen LogP contribution in [0.2, 0.25) is 0 Å². The number of hydrogen-bond donors (Lipinski definition) is 0. The van der Waals surface area contributed by atoms with Gasteiger partial charge in [-0.1, -0.05) is 42.1 Å². The van der Waals surface area contributed by atoms with Crippen LogP contribution in [0.1, 0.15) is 5.56 Å². The molecule has 0 unspecified atom stereocenters. The van der Waals surface area contributed by atoms with Crippen molar-refractivity contribution in [1.82, 2.24) is 10.2 Å². The van der Waals surface area contributed by atoms with Crippen LogP contribution in [0.25, 0.3) is 27.4 Å². The van der Waals surface area contributed by atoms with Gasteiger partial charge in [-0.25, -0.2) is 9.24 Å². The van der Waals surface area contributed by atoms with Gasteiger partial charge in [0.05, 0.1) is 6.57 Å². The van der Waals surface area contributed by atoms with Gasteiger partial charge >= 0.3 is 0 Å². The standard InChI is InChI=1S/C24H16FN3O3S/c1-26-20-13-18(25)7-8-19(20)16-4-2-15(3-5-16)14-32-24-28-27-23(31-24)17-6-9-21-22(12-17)30-11-10-29-21/h2-9,12-13H,10-11,14H2. The van der Waals surface area contributed by atoms with E-state index in [0.717, 1.165) is 16.7 Å². The monoisotopic (exact) mass is 445 g/mol. The molecule has 32 heavy (non-hydrogen) atoms. The molecule has 0 saturated carbocycles. The third kappa shape index (κ3) is 4.15. The molecule has 0 fully saturated rings. The van der Waals surface area contributed by atoms with Crippen molar-refractivity contribution >= 4 is 17.4 Å². The molecule has 0 saturated heterocycles. The molecule has 0 bridgehead atoms. The summed E-state index contributed by atoms with van der Waals surface area (Å²) in [6.07, 6.45) is 0. The number of ether oxygens (including phenoxy) is 2. The first-order chi connectivity index (χ1) is 15.7. The number of thioether (sulfide) groups is 1. The number of halogens is 1. The predicted molar refractivity (Wildman–Crippen MR) is 118 cm³/mol. The lowest BCUT2D eigenvalue weighted by atomic mass is 10.0. The zero-order valence-corrected chi connectivity index (χ0v) is 17.6. The van der Waals surface area contributed by atoms with Crippen LogP contribution in [-0.2, 0) is 5.75 Å². The second kappa shape index (κ2) is 8.73. The van der Waals surface area contributed by atoms with E-state index < -0.39 is 5.82 Å². The Morgan fingerprint density at radius 2 is 1.69 bits per heavy atom. The number of benzene rings is 3. The Hall–Kier alpha value is -3.83. The van der Waals surface area contributed by atoms with E-state index in [1.807, 2.05) is 42.5 Å². The van der Waals surface area contributed by atoms with E-state index in [1.54, 1.807) is 6.07 Å². The van der Waals surface area contributed by atoms with Crippen LogP contribution in [0, 0.1) is 12.4 Å². The predicted octanol–water partition coefficient (Wildman–Crippen LogP) is 6.16. The van der Waals surface area contributed by atoms with Crippen LogP contribution in [-0.4, -0.2) is 23.4 Å². The molecule has 4 aromatic rings. The Balaban J connectivity index is 1.26. The smallest absolute Gasteiger partial charge is 0.277 e. The first-order valence-corrected chi connectivity index (χ1v) is 10.8. The quantitative estimate of drug-likeness (QED) is 0.271. The largest absolute Gasteiger partial charge is 0.486 e. The zero-order chi connectivity index (χ0) is 21.9. The van der Waals surface area contributed by atoms with Crippen LogP contribution < -0.4 is 9.47 Å². The number of rotatable bonds is 5. The molecule has 8 heteroatoms. The minimum atomic E-state index is -0.414. The summed E-state index contributed by atoms with van der Waals surface area (Å²) in [5.74, 6) is 2.03. The van der Waals surface area contributed by atoms with Crippen molar-refractivity contribution in [3.05, 3.63) is 83.5 Å². The molecular weight excluding hydrogens is 429 g/mol. The highest BCUT2D eigenvalue weighted by Crippen LogP contribution is 2.35. The van der Waals surface area contributed by atoms with Gasteiger partial charge in [-0.2, -0.15) is 0 Å². The molecule has 3 aromatic carbocycles. The van der Waals surface area contributed by atoms with Gasteiger partial charge in [-0.05, 0) is 47.0 Å². The van der Waals surface area contributed by atoms with Crippen molar-refractivity contribution in [1.29, 1.82) is 0 Å². The van der Waals surface area contributed by atoms with Gasteiger partial charge in [-0.3, -0.25) is 0 Å². The van der Waals surface area contributed by atoms with Crippen molar-refractivity contribution in [2.75, 3.05) is 13.2 Å². The maximum absolute atomic E-state index is 13.4. The Morgan fingerprint density at radius 1 is 0.906 bits per heavy atom. The number of fused-ring (bicyclic) bond motifs is 1. The van der Waals surface area contributed by atoms with E-state index in [9.17, 15) is 4.39 Å². The van der Waals surface area contributed by atoms with E-state index >= 15 is 0 Å². The van der Waals surface area contributed by atoms with Crippen molar-refractivity contribution in [2.24, 2.45) is 0 Å². The summed E-state index contributed by atoms with van der Waals surface area (Å²) in [5.41, 5.74) is 3.70. The number of hydrogen-bond acceptors (Lipinski definition) is 6. The van der Waals surface area contributed by atoms with Crippen LogP contribution in [0.4, 0.5) is 10.1 Å². The van der Waals surface area contributed by atoms with Crippen molar-refractivity contribution < 1.29 is 18.3 Å². The van der Waals surface area contributed by atoms with E-state index in [-0.39, 0.29) is 0 Å². The number of nitrogens with zero attached hydrogens (tertiary/aromatic N) is 3. The first kappa shape index (κ1) is 20.1. The fraction of sp³-hybridized carbons (Fsp3) is 0.125. The second-order valence-corrected chi connectivity index (χ2v) is 7.92.